The summed E-state index contributed by atoms with van der Waals surface area (Å²) in [5, 5.41) is 13.2. The summed E-state index contributed by atoms with van der Waals surface area (Å²) < 4.78 is 74.4. The first-order valence-electron chi connectivity index (χ1n) is 9.36. The highest BCUT2D eigenvalue weighted by Crippen LogP contribution is 2.42. The van der Waals surface area contributed by atoms with Gasteiger partial charge in [-0.25, -0.2) is 9.37 Å². The molecule has 0 radical (unpaired) electrons. The van der Waals surface area contributed by atoms with Crippen LogP contribution < -0.4 is 10.1 Å². The highest BCUT2D eigenvalue weighted by atomic mass is 19.4. The smallest absolute Gasteiger partial charge is 0.431 e. The molecule has 2 heterocycles. The Balaban J connectivity index is 1.89. The number of nitrogens with one attached hydrogen (secondary N) is 2. The van der Waals surface area contributed by atoms with Gasteiger partial charge in [-0.3, -0.25) is 5.32 Å². The van der Waals surface area contributed by atoms with Crippen LogP contribution in [0.25, 0.3) is 10.9 Å². The molecule has 1 atom stereocenters. The molecular weight excluding hydrogens is 421 g/mol. The molecule has 2 aromatic heterocycles. The summed E-state index contributed by atoms with van der Waals surface area (Å²) in [5.41, 5.74) is -4.19. The quantitative estimate of drug-likeness (QED) is 0.285. The topological polar surface area (TPSA) is 70.2 Å². The third kappa shape index (κ3) is 4.64. The number of methoxy groups -OCH3 is 1. The van der Waals surface area contributed by atoms with Crippen molar-refractivity contribution in [1.82, 2.24) is 15.3 Å². The minimum atomic E-state index is -5.05. The zero-order valence-electron chi connectivity index (χ0n) is 17.1. The van der Waals surface area contributed by atoms with Crippen molar-refractivity contribution in [3.63, 3.8) is 0 Å². The van der Waals surface area contributed by atoms with E-state index in [2.05, 4.69) is 15.3 Å². The molecule has 0 fully saturated rings. The molecule has 10 heteroatoms. The molecule has 1 unspecified atom stereocenters. The van der Waals surface area contributed by atoms with Crippen molar-refractivity contribution in [3.8, 4) is 5.75 Å². The van der Waals surface area contributed by atoms with Gasteiger partial charge in [-0.2, -0.15) is 17.6 Å². The van der Waals surface area contributed by atoms with Crippen molar-refractivity contribution in [1.29, 1.82) is 0 Å². The first kappa shape index (κ1) is 23.0. The van der Waals surface area contributed by atoms with Crippen LogP contribution in [-0.2, 0) is 12.0 Å². The number of rotatable bonds is 7. The van der Waals surface area contributed by atoms with E-state index in [1.165, 1.54) is 45.4 Å². The lowest BCUT2D eigenvalue weighted by molar-refractivity contribution is -0.280. The number of halogens is 5. The molecule has 0 aliphatic heterocycles. The number of pyridine rings is 1. The zero-order chi connectivity index (χ0) is 23.0. The minimum absolute atomic E-state index is 0.0553. The number of hydrogen-bond donors (Lipinski definition) is 3. The van der Waals surface area contributed by atoms with Gasteiger partial charge >= 0.3 is 6.18 Å². The monoisotopic (exact) mass is 443 g/mol. The second-order valence-electron chi connectivity index (χ2n) is 7.98. The van der Waals surface area contributed by atoms with E-state index < -0.39 is 42.0 Å². The minimum Gasteiger partial charge on any atom is -0.496 e. The van der Waals surface area contributed by atoms with Gasteiger partial charge in [0.15, 0.2) is 0 Å². The normalized spacial score (nSPS) is 14.6. The summed E-state index contributed by atoms with van der Waals surface area (Å²) in [6.07, 6.45) is -4.65. The van der Waals surface area contributed by atoms with E-state index in [9.17, 15) is 27.1 Å². The fourth-order valence-corrected chi connectivity index (χ4v) is 3.62. The molecule has 0 aliphatic carbocycles. The van der Waals surface area contributed by atoms with Crippen molar-refractivity contribution in [2.24, 2.45) is 0 Å². The molecule has 0 bridgehead atoms. The molecule has 0 saturated carbocycles. The summed E-state index contributed by atoms with van der Waals surface area (Å²) in [7, 11) is 1.32. The van der Waals surface area contributed by atoms with E-state index >= 15 is 0 Å². The number of ether oxygens (including phenoxy) is 1. The summed E-state index contributed by atoms with van der Waals surface area (Å²) in [6, 6.07) is 6.51. The summed E-state index contributed by atoms with van der Waals surface area (Å²) >= 11 is 0. The Morgan fingerprint density at radius 3 is 2.45 bits per heavy atom. The SMILES string of the molecule is COc1ccc(F)cc1C(C)(C)CC(O)(NCc1cc2ccnc(F)c2[nH]1)C(F)(F)F. The lowest BCUT2D eigenvalue weighted by Crippen LogP contribution is -2.59. The fourth-order valence-electron chi connectivity index (χ4n) is 3.62. The lowest BCUT2D eigenvalue weighted by atomic mass is 9.77. The molecular formula is C21H22F5N3O2. The van der Waals surface area contributed by atoms with Crippen LogP contribution in [0.5, 0.6) is 5.75 Å². The summed E-state index contributed by atoms with van der Waals surface area (Å²) in [5.74, 6) is -1.22. The maximum atomic E-state index is 13.9. The van der Waals surface area contributed by atoms with Crippen LogP contribution in [0.2, 0.25) is 0 Å². The number of aromatic nitrogens is 2. The number of H-pyrrole nitrogens is 1. The second kappa shape index (κ2) is 8.08. The van der Waals surface area contributed by atoms with Crippen LogP contribution in [0.1, 0.15) is 31.5 Å². The van der Waals surface area contributed by atoms with E-state index in [1.54, 1.807) is 0 Å². The van der Waals surface area contributed by atoms with Crippen molar-refractivity contribution in [3.05, 3.63) is 59.6 Å². The van der Waals surface area contributed by atoms with Gasteiger partial charge in [-0.15, -0.1) is 0 Å². The molecule has 3 N–H and O–H groups in total. The van der Waals surface area contributed by atoms with Gasteiger partial charge in [0.2, 0.25) is 11.7 Å². The van der Waals surface area contributed by atoms with Gasteiger partial charge in [0.25, 0.3) is 0 Å². The highest BCUT2D eigenvalue weighted by molar-refractivity contribution is 5.79. The highest BCUT2D eigenvalue weighted by Gasteiger charge is 2.56. The molecule has 1 aromatic carbocycles. The Bertz CT molecular complexity index is 1080. The molecule has 0 saturated heterocycles. The third-order valence-corrected chi connectivity index (χ3v) is 5.18. The Labute approximate surface area is 175 Å². The number of benzene rings is 1. The lowest BCUT2D eigenvalue weighted by Gasteiger charge is -2.38. The first-order chi connectivity index (χ1) is 14.4. The predicted molar refractivity (Wildman–Crippen MR) is 104 cm³/mol. The molecule has 3 aromatic rings. The maximum Gasteiger partial charge on any atom is 0.431 e. The maximum absolute atomic E-state index is 13.9. The average molecular weight is 443 g/mol. The van der Waals surface area contributed by atoms with Crippen LogP contribution in [-0.4, -0.2) is 34.1 Å². The average Bonchev–Trinajstić information content (AvgIpc) is 3.10. The molecule has 5 nitrogen and oxygen atoms in total. The van der Waals surface area contributed by atoms with Gasteiger partial charge < -0.3 is 14.8 Å². The van der Waals surface area contributed by atoms with Crippen LogP contribution in [0.4, 0.5) is 22.0 Å². The van der Waals surface area contributed by atoms with Crippen LogP contribution in [0.15, 0.2) is 36.5 Å². The Morgan fingerprint density at radius 2 is 1.84 bits per heavy atom. The van der Waals surface area contributed by atoms with E-state index in [-0.39, 0.29) is 22.5 Å². The number of aliphatic hydroxyl groups is 1. The van der Waals surface area contributed by atoms with Gasteiger partial charge in [-0.05, 0) is 35.7 Å². The van der Waals surface area contributed by atoms with Gasteiger partial charge in [-0.1, -0.05) is 13.8 Å². The first-order valence-corrected chi connectivity index (χ1v) is 9.36. The van der Waals surface area contributed by atoms with Crippen LogP contribution in [0, 0.1) is 11.8 Å². The Kier molecular flexibility index (Phi) is 5.98. The number of aromatic amines is 1. The van der Waals surface area contributed by atoms with Crippen molar-refractivity contribution in [2.75, 3.05) is 7.11 Å². The number of alkyl halides is 3. The standard InChI is InChI=1S/C21H22F5N3O2/c1-19(2,15-9-13(22)4-5-16(15)31-3)11-20(30,21(24,25)26)28-10-14-8-12-6-7-27-18(23)17(12)29-14/h4-9,28-30H,10-11H2,1-3H3. The Hall–Kier alpha value is -2.72. The van der Waals surface area contributed by atoms with E-state index in [4.69, 9.17) is 4.74 Å². The molecule has 0 spiro atoms. The third-order valence-electron chi connectivity index (χ3n) is 5.18. The van der Waals surface area contributed by atoms with E-state index in [0.717, 1.165) is 12.1 Å². The van der Waals surface area contributed by atoms with Crippen LogP contribution >= 0.6 is 0 Å². The fraction of sp³-hybridized carbons (Fsp3) is 0.381. The van der Waals surface area contributed by atoms with Crippen molar-refractivity contribution >= 4 is 10.9 Å². The molecule has 31 heavy (non-hydrogen) atoms. The van der Waals surface area contributed by atoms with Crippen LogP contribution in [0.3, 0.4) is 0 Å². The number of fused-ring (bicyclic) bond motifs is 1. The number of nitrogens with zero attached hydrogens (tertiary/aromatic N) is 1. The summed E-state index contributed by atoms with van der Waals surface area (Å²) in [4.78, 5) is 6.14. The number of hydrogen-bond acceptors (Lipinski definition) is 4. The molecule has 168 valence electrons. The molecule has 0 aliphatic rings. The van der Waals surface area contributed by atoms with E-state index in [0.29, 0.717) is 5.39 Å². The largest absolute Gasteiger partial charge is 0.496 e. The van der Waals surface area contributed by atoms with Gasteiger partial charge in [0.1, 0.15) is 17.1 Å². The van der Waals surface area contributed by atoms with E-state index in [1.807, 2.05) is 0 Å². The zero-order valence-corrected chi connectivity index (χ0v) is 17.1. The molecule has 0 amide bonds. The van der Waals surface area contributed by atoms with Crippen molar-refractivity contribution in [2.45, 2.75) is 44.1 Å². The predicted octanol–water partition coefficient (Wildman–Crippen LogP) is 4.56. The molecule has 3 rings (SSSR count). The second-order valence-corrected chi connectivity index (χ2v) is 7.98. The van der Waals surface area contributed by atoms with Crippen molar-refractivity contribution < 1.29 is 31.8 Å². The summed E-state index contributed by atoms with van der Waals surface area (Å²) in [6.45, 7) is 2.47. The van der Waals surface area contributed by atoms with Gasteiger partial charge in [0.05, 0.1) is 7.11 Å². The van der Waals surface area contributed by atoms with Gasteiger partial charge in [0, 0.05) is 35.8 Å². The Morgan fingerprint density at radius 1 is 1.13 bits per heavy atom.